The van der Waals surface area contributed by atoms with Gasteiger partial charge in [0.2, 0.25) is 0 Å². The Hall–Kier alpha value is -2.85. The standard InChI is InChI=1S/C16H19N5O2/c1-2-3-14(22)10-19-16(23)11-4-6-13(7-5-11)21-15(18)12(8-17)9-20-21/h4-7,9,14,22H,2-3,10,18H2,1H3,(H,19,23). The van der Waals surface area contributed by atoms with Gasteiger partial charge in [-0.1, -0.05) is 13.3 Å². The summed E-state index contributed by atoms with van der Waals surface area (Å²) >= 11 is 0. The summed E-state index contributed by atoms with van der Waals surface area (Å²) in [6, 6.07) is 8.63. The van der Waals surface area contributed by atoms with Gasteiger partial charge in [0.15, 0.2) is 0 Å². The summed E-state index contributed by atoms with van der Waals surface area (Å²) in [6.45, 7) is 2.20. The van der Waals surface area contributed by atoms with E-state index in [2.05, 4.69) is 10.4 Å². The van der Waals surface area contributed by atoms with E-state index in [9.17, 15) is 9.90 Å². The summed E-state index contributed by atoms with van der Waals surface area (Å²) in [5, 5.41) is 25.2. The van der Waals surface area contributed by atoms with E-state index in [4.69, 9.17) is 11.0 Å². The Kier molecular flexibility index (Phi) is 5.33. The molecular weight excluding hydrogens is 294 g/mol. The molecule has 0 saturated heterocycles. The van der Waals surface area contributed by atoms with Gasteiger partial charge in [0.25, 0.3) is 5.91 Å². The third-order valence-electron chi connectivity index (χ3n) is 3.42. The molecule has 1 heterocycles. The van der Waals surface area contributed by atoms with Gasteiger partial charge in [0, 0.05) is 12.1 Å². The topological polar surface area (TPSA) is 117 Å². The number of hydrogen-bond donors (Lipinski definition) is 3. The molecule has 0 saturated carbocycles. The first-order chi connectivity index (χ1) is 11.1. The predicted molar refractivity (Wildman–Crippen MR) is 85.9 cm³/mol. The smallest absolute Gasteiger partial charge is 0.251 e. The molecule has 0 radical (unpaired) electrons. The number of benzene rings is 1. The normalized spacial score (nSPS) is 11.7. The predicted octanol–water partition coefficient (Wildman–Crippen LogP) is 1.22. The largest absolute Gasteiger partial charge is 0.391 e. The lowest BCUT2D eigenvalue weighted by molar-refractivity contribution is 0.0910. The monoisotopic (exact) mass is 313 g/mol. The van der Waals surface area contributed by atoms with Gasteiger partial charge < -0.3 is 16.2 Å². The molecule has 1 unspecified atom stereocenters. The molecule has 7 heteroatoms. The van der Waals surface area contributed by atoms with Gasteiger partial charge in [0.05, 0.1) is 18.0 Å². The van der Waals surface area contributed by atoms with Gasteiger partial charge in [-0.15, -0.1) is 0 Å². The highest BCUT2D eigenvalue weighted by atomic mass is 16.3. The molecular formula is C16H19N5O2. The summed E-state index contributed by atoms with van der Waals surface area (Å²) in [6.07, 6.45) is 2.38. The maximum absolute atomic E-state index is 12.0. The summed E-state index contributed by atoms with van der Waals surface area (Å²) < 4.78 is 1.44. The molecule has 0 spiro atoms. The Morgan fingerprint density at radius 1 is 1.48 bits per heavy atom. The molecule has 1 amide bonds. The average molecular weight is 313 g/mol. The second-order valence-electron chi connectivity index (χ2n) is 5.17. The molecule has 7 nitrogen and oxygen atoms in total. The number of rotatable bonds is 6. The first kappa shape index (κ1) is 16.5. The van der Waals surface area contributed by atoms with Crippen molar-refractivity contribution < 1.29 is 9.90 Å². The van der Waals surface area contributed by atoms with Gasteiger partial charge in [0.1, 0.15) is 17.5 Å². The van der Waals surface area contributed by atoms with E-state index in [1.807, 2.05) is 13.0 Å². The zero-order valence-electron chi connectivity index (χ0n) is 12.9. The van der Waals surface area contributed by atoms with Crippen molar-refractivity contribution in [3.05, 3.63) is 41.6 Å². The molecule has 1 aromatic carbocycles. The molecule has 120 valence electrons. The lowest BCUT2D eigenvalue weighted by Gasteiger charge is -2.11. The van der Waals surface area contributed by atoms with Crippen LogP contribution in [-0.4, -0.2) is 33.4 Å². The van der Waals surface area contributed by atoms with Crippen LogP contribution in [0.15, 0.2) is 30.5 Å². The zero-order chi connectivity index (χ0) is 16.8. The van der Waals surface area contributed by atoms with Crippen LogP contribution >= 0.6 is 0 Å². The van der Waals surface area contributed by atoms with Crippen molar-refractivity contribution in [2.45, 2.75) is 25.9 Å². The van der Waals surface area contributed by atoms with E-state index in [-0.39, 0.29) is 18.3 Å². The summed E-state index contributed by atoms with van der Waals surface area (Å²) in [7, 11) is 0. The molecule has 1 aromatic heterocycles. The SMILES string of the molecule is CCCC(O)CNC(=O)c1ccc(-n2ncc(C#N)c2N)cc1. The molecule has 2 rings (SSSR count). The fourth-order valence-electron chi connectivity index (χ4n) is 2.15. The number of aliphatic hydroxyl groups is 1. The molecule has 1 atom stereocenters. The molecule has 4 N–H and O–H groups in total. The lowest BCUT2D eigenvalue weighted by atomic mass is 10.1. The fourth-order valence-corrected chi connectivity index (χ4v) is 2.15. The van der Waals surface area contributed by atoms with Crippen LogP contribution in [0.5, 0.6) is 0 Å². The van der Waals surface area contributed by atoms with E-state index in [0.717, 1.165) is 6.42 Å². The van der Waals surface area contributed by atoms with Crippen LogP contribution in [-0.2, 0) is 0 Å². The third-order valence-corrected chi connectivity index (χ3v) is 3.42. The number of carbonyl (C=O) groups excluding carboxylic acids is 1. The zero-order valence-corrected chi connectivity index (χ0v) is 12.9. The van der Waals surface area contributed by atoms with Crippen molar-refractivity contribution in [1.29, 1.82) is 5.26 Å². The number of nitriles is 1. The lowest BCUT2D eigenvalue weighted by Crippen LogP contribution is -2.31. The first-order valence-electron chi connectivity index (χ1n) is 7.37. The van der Waals surface area contributed by atoms with Crippen LogP contribution in [0.25, 0.3) is 5.69 Å². The highest BCUT2D eigenvalue weighted by Gasteiger charge is 2.11. The Bertz CT molecular complexity index is 715. The number of anilines is 1. The number of amides is 1. The second kappa shape index (κ2) is 7.42. The number of aliphatic hydroxyl groups excluding tert-OH is 1. The maximum atomic E-state index is 12.0. The quantitative estimate of drug-likeness (QED) is 0.741. The van der Waals surface area contributed by atoms with E-state index in [1.54, 1.807) is 24.3 Å². The van der Waals surface area contributed by atoms with E-state index in [1.165, 1.54) is 10.9 Å². The third kappa shape index (κ3) is 3.87. The van der Waals surface area contributed by atoms with Gasteiger partial charge in [-0.2, -0.15) is 10.4 Å². The summed E-state index contributed by atoms with van der Waals surface area (Å²) in [5.41, 5.74) is 7.26. The van der Waals surface area contributed by atoms with Crippen molar-refractivity contribution >= 4 is 11.7 Å². The van der Waals surface area contributed by atoms with E-state index in [0.29, 0.717) is 23.2 Å². The van der Waals surface area contributed by atoms with Crippen molar-refractivity contribution in [2.24, 2.45) is 0 Å². The second-order valence-corrected chi connectivity index (χ2v) is 5.17. The fraction of sp³-hybridized carbons (Fsp3) is 0.312. The Balaban J connectivity index is 2.06. The number of nitrogens with zero attached hydrogens (tertiary/aromatic N) is 3. The number of aromatic nitrogens is 2. The van der Waals surface area contributed by atoms with Gasteiger partial charge in [-0.25, -0.2) is 4.68 Å². The number of nitrogen functional groups attached to an aromatic ring is 1. The van der Waals surface area contributed by atoms with Crippen molar-refractivity contribution in [2.75, 3.05) is 12.3 Å². The van der Waals surface area contributed by atoms with E-state index < -0.39 is 6.10 Å². The summed E-state index contributed by atoms with van der Waals surface area (Å²) in [5.74, 6) is 0.00486. The number of carbonyl (C=O) groups is 1. The van der Waals surface area contributed by atoms with Crippen LogP contribution in [0.4, 0.5) is 5.82 Å². The number of hydrogen-bond acceptors (Lipinski definition) is 5. The van der Waals surface area contributed by atoms with Crippen LogP contribution in [0.3, 0.4) is 0 Å². The molecule has 0 aliphatic heterocycles. The van der Waals surface area contributed by atoms with Crippen LogP contribution in [0.1, 0.15) is 35.7 Å². The number of nitrogens with one attached hydrogen (secondary N) is 1. The highest BCUT2D eigenvalue weighted by Crippen LogP contribution is 2.16. The maximum Gasteiger partial charge on any atom is 0.251 e. The van der Waals surface area contributed by atoms with Gasteiger partial charge >= 0.3 is 0 Å². The molecule has 2 aromatic rings. The van der Waals surface area contributed by atoms with Crippen LogP contribution in [0, 0.1) is 11.3 Å². The first-order valence-corrected chi connectivity index (χ1v) is 7.37. The minimum atomic E-state index is -0.531. The van der Waals surface area contributed by atoms with Crippen molar-refractivity contribution in [1.82, 2.24) is 15.1 Å². The summed E-state index contributed by atoms with van der Waals surface area (Å²) in [4.78, 5) is 12.0. The Morgan fingerprint density at radius 2 is 2.17 bits per heavy atom. The Labute approximate surface area is 134 Å². The van der Waals surface area contributed by atoms with Crippen molar-refractivity contribution in [3.8, 4) is 11.8 Å². The molecule has 0 bridgehead atoms. The minimum absolute atomic E-state index is 0.228. The van der Waals surface area contributed by atoms with E-state index >= 15 is 0 Å². The average Bonchev–Trinajstić information content (AvgIpc) is 2.94. The van der Waals surface area contributed by atoms with Gasteiger partial charge in [-0.3, -0.25) is 4.79 Å². The molecule has 23 heavy (non-hydrogen) atoms. The molecule has 0 aliphatic rings. The van der Waals surface area contributed by atoms with Gasteiger partial charge in [-0.05, 0) is 30.7 Å². The number of nitrogens with two attached hydrogens (primary N) is 1. The minimum Gasteiger partial charge on any atom is -0.391 e. The van der Waals surface area contributed by atoms with Crippen molar-refractivity contribution in [3.63, 3.8) is 0 Å². The molecule has 0 aliphatic carbocycles. The Morgan fingerprint density at radius 3 is 2.74 bits per heavy atom. The van der Waals surface area contributed by atoms with Crippen LogP contribution < -0.4 is 11.1 Å². The highest BCUT2D eigenvalue weighted by molar-refractivity contribution is 5.94. The molecule has 0 fully saturated rings. The van der Waals surface area contributed by atoms with Crippen LogP contribution in [0.2, 0.25) is 0 Å².